The van der Waals surface area contributed by atoms with Crippen LogP contribution in [0.3, 0.4) is 0 Å². The average Bonchev–Trinajstić information content (AvgIpc) is 2.04. The molecule has 0 aromatic rings. The molecule has 2 atom stereocenters. The first-order valence-corrected chi connectivity index (χ1v) is 5.27. The van der Waals surface area contributed by atoms with Gasteiger partial charge in [0.15, 0.2) is 0 Å². The molecule has 0 fully saturated rings. The molecule has 13 heavy (non-hydrogen) atoms. The summed E-state index contributed by atoms with van der Waals surface area (Å²) in [4.78, 5) is 0. The monoisotopic (exact) mass is 187 g/mol. The largest absolute Gasteiger partial charge is 0.384 e. The van der Waals surface area contributed by atoms with E-state index in [0.717, 1.165) is 25.6 Å². The minimum absolute atomic E-state index is 0.643. The SMILES string of the molecule is COCC(C)C(C)CNCC(C)C. The zero-order valence-corrected chi connectivity index (χ0v) is 9.76. The quantitative estimate of drug-likeness (QED) is 0.659. The van der Waals surface area contributed by atoms with Gasteiger partial charge in [0.25, 0.3) is 0 Å². The number of ether oxygens (including phenoxy) is 1. The molecule has 80 valence electrons. The van der Waals surface area contributed by atoms with Crippen molar-refractivity contribution < 1.29 is 4.74 Å². The molecule has 0 amide bonds. The van der Waals surface area contributed by atoms with Crippen molar-refractivity contribution in [3.8, 4) is 0 Å². The fourth-order valence-electron chi connectivity index (χ4n) is 1.23. The van der Waals surface area contributed by atoms with Crippen LogP contribution in [-0.2, 0) is 4.74 Å². The molecule has 0 aliphatic carbocycles. The Hall–Kier alpha value is -0.0800. The fraction of sp³-hybridized carbons (Fsp3) is 1.00. The van der Waals surface area contributed by atoms with Crippen LogP contribution in [0.4, 0.5) is 0 Å². The topological polar surface area (TPSA) is 21.3 Å². The van der Waals surface area contributed by atoms with Crippen LogP contribution in [0.25, 0.3) is 0 Å². The van der Waals surface area contributed by atoms with Crippen LogP contribution in [0, 0.1) is 17.8 Å². The first-order chi connectivity index (χ1) is 6.07. The van der Waals surface area contributed by atoms with Crippen molar-refractivity contribution >= 4 is 0 Å². The van der Waals surface area contributed by atoms with Gasteiger partial charge in [0.05, 0.1) is 0 Å². The highest BCUT2D eigenvalue weighted by Crippen LogP contribution is 2.09. The second kappa shape index (κ2) is 7.34. The highest BCUT2D eigenvalue weighted by atomic mass is 16.5. The Kier molecular flexibility index (Phi) is 7.29. The molecule has 1 N–H and O–H groups in total. The summed E-state index contributed by atoms with van der Waals surface area (Å²) in [5.74, 6) is 2.08. The van der Waals surface area contributed by atoms with E-state index in [4.69, 9.17) is 4.74 Å². The Balaban J connectivity index is 3.43. The lowest BCUT2D eigenvalue weighted by Gasteiger charge is -2.20. The molecule has 0 aromatic carbocycles. The van der Waals surface area contributed by atoms with Crippen LogP contribution in [0.5, 0.6) is 0 Å². The summed E-state index contributed by atoms with van der Waals surface area (Å²) in [6.45, 7) is 12.1. The van der Waals surface area contributed by atoms with Crippen molar-refractivity contribution in [3.63, 3.8) is 0 Å². The van der Waals surface area contributed by atoms with Gasteiger partial charge in [-0.25, -0.2) is 0 Å². The third-order valence-corrected chi connectivity index (χ3v) is 2.42. The first kappa shape index (κ1) is 12.9. The standard InChI is InChI=1S/C11H25NO/c1-9(2)6-12-7-10(3)11(4)8-13-5/h9-12H,6-8H2,1-5H3. The number of hydrogen-bond donors (Lipinski definition) is 1. The minimum atomic E-state index is 0.643. The number of methoxy groups -OCH3 is 1. The van der Waals surface area contributed by atoms with Gasteiger partial charge in [-0.15, -0.1) is 0 Å². The molecule has 0 saturated heterocycles. The Morgan fingerprint density at radius 1 is 1.00 bits per heavy atom. The fourth-order valence-corrected chi connectivity index (χ4v) is 1.23. The summed E-state index contributed by atoms with van der Waals surface area (Å²) >= 11 is 0. The summed E-state index contributed by atoms with van der Waals surface area (Å²) in [6.07, 6.45) is 0. The second-order valence-corrected chi connectivity index (χ2v) is 4.46. The van der Waals surface area contributed by atoms with Crippen molar-refractivity contribution in [1.82, 2.24) is 5.32 Å². The van der Waals surface area contributed by atoms with Crippen molar-refractivity contribution in [3.05, 3.63) is 0 Å². The number of rotatable bonds is 7. The molecule has 0 saturated carbocycles. The molecule has 0 aromatic heterocycles. The highest BCUT2D eigenvalue weighted by molar-refractivity contribution is 4.64. The van der Waals surface area contributed by atoms with Crippen LogP contribution in [-0.4, -0.2) is 26.8 Å². The van der Waals surface area contributed by atoms with Gasteiger partial charge in [-0.3, -0.25) is 0 Å². The summed E-state index contributed by atoms with van der Waals surface area (Å²) in [7, 11) is 1.77. The molecule has 0 aliphatic rings. The molecule has 0 spiro atoms. The Morgan fingerprint density at radius 3 is 2.08 bits per heavy atom. The summed E-state index contributed by atoms with van der Waals surface area (Å²) in [5.41, 5.74) is 0. The van der Waals surface area contributed by atoms with Crippen LogP contribution >= 0.6 is 0 Å². The zero-order valence-electron chi connectivity index (χ0n) is 9.76. The van der Waals surface area contributed by atoms with Gasteiger partial charge in [0, 0.05) is 13.7 Å². The third kappa shape index (κ3) is 7.03. The molecule has 2 nitrogen and oxygen atoms in total. The van der Waals surface area contributed by atoms with Crippen LogP contribution in [0.1, 0.15) is 27.7 Å². The van der Waals surface area contributed by atoms with Crippen molar-refractivity contribution in [2.75, 3.05) is 26.8 Å². The molecule has 0 bridgehead atoms. The maximum absolute atomic E-state index is 5.12. The van der Waals surface area contributed by atoms with Gasteiger partial charge in [0.2, 0.25) is 0 Å². The van der Waals surface area contributed by atoms with E-state index in [2.05, 4.69) is 33.0 Å². The minimum Gasteiger partial charge on any atom is -0.384 e. The van der Waals surface area contributed by atoms with Gasteiger partial charge in [0.1, 0.15) is 0 Å². The lowest BCUT2D eigenvalue weighted by atomic mass is 9.97. The van der Waals surface area contributed by atoms with E-state index >= 15 is 0 Å². The average molecular weight is 187 g/mol. The lowest BCUT2D eigenvalue weighted by Crippen LogP contribution is -2.29. The van der Waals surface area contributed by atoms with Gasteiger partial charge in [-0.2, -0.15) is 0 Å². The first-order valence-electron chi connectivity index (χ1n) is 5.27. The van der Waals surface area contributed by atoms with Crippen LogP contribution in [0.15, 0.2) is 0 Å². The summed E-state index contributed by atoms with van der Waals surface area (Å²) < 4.78 is 5.12. The van der Waals surface area contributed by atoms with E-state index in [1.54, 1.807) is 7.11 Å². The van der Waals surface area contributed by atoms with Gasteiger partial charge in [-0.1, -0.05) is 27.7 Å². The third-order valence-electron chi connectivity index (χ3n) is 2.42. The lowest BCUT2D eigenvalue weighted by molar-refractivity contribution is 0.133. The summed E-state index contributed by atoms with van der Waals surface area (Å²) in [5, 5.41) is 3.47. The normalized spacial score (nSPS) is 16.2. The molecular formula is C11H25NO. The van der Waals surface area contributed by atoms with Crippen LogP contribution in [0.2, 0.25) is 0 Å². The molecule has 2 heteroatoms. The predicted octanol–water partition coefficient (Wildman–Crippen LogP) is 2.15. The second-order valence-electron chi connectivity index (χ2n) is 4.46. The summed E-state index contributed by atoms with van der Waals surface area (Å²) in [6, 6.07) is 0. The van der Waals surface area contributed by atoms with Gasteiger partial charge in [-0.05, 0) is 30.8 Å². The molecule has 0 heterocycles. The van der Waals surface area contributed by atoms with E-state index < -0.39 is 0 Å². The number of hydrogen-bond acceptors (Lipinski definition) is 2. The van der Waals surface area contributed by atoms with Crippen LogP contribution < -0.4 is 5.32 Å². The zero-order chi connectivity index (χ0) is 10.3. The predicted molar refractivity (Wildman–Crippen MR) is 57.9 cm³/mol. The van der Waals surface area contributed by atoms with E-state index in [1.807, 2.05) is 0 Å². The smallest absolute Gasteiger partial charge is 0.0490 e. The van der Waals surface area contributed by atoms with Crippen molar-refractivity contribution in [2.45, 2.75) is 27.7 Å². The van der Waals surface area contributed by atoms with Gasteiger partial charge < -0.3 is 10.1 Å². The Morgan fingerprint density at radius 2 is 1.62 bits per heavy atom. The van der Waals surface area contributed by atoms with E-state index in [0.29, 0.717) is 11.8 Å². The van der Waals surface area contributed by atoms with Crippen molar-refractivity contribution in [1.29, 1.82) is 0 Å². The van der Waals surface area contributed by atoms with E-state index in [1.165, 1.54) is 0 Å². The highest BCUT2D eigenvalue weighted by Gasteiger charge is 2.11. The maximum Gasteiger partial charge on any atom is 0.0490 e. The molecule has 2 unspecified atom stereocenters. The number of nitrogens with one attached hydrogen (secondary N) is 1. The van der Waals surface area contributed by atoms with E-state index in [9.17, 15) is 0 Å². The molecular weight excluding hydrogens is 162 g/mol. The van der Waals surface area contributed by atoms with Crippen molar-refractivity contribution in [2.24, 2.45) is 17.8 Å². The molecule has 0 radical (unpaired) electrons. The Bertz CT molecular complexity index is 115. The maximum atomic E-state index is 5.12. The Labute approximate surface area is 83.1 Å². The molecule has 0 aliphatic heterocycles. The van der Waals surface area contributed by atoms with E-state index in [-0.39, 0.29) is 0 Å². The molecule has 0 rings (SSSR count). The van der Waals surface area contributed by atoms with Gasteiger partial charge >= 0.3 is 0 Å².